The second kappa shape index (κ2) is 10.1. The van der Waals surface area contributed by atoms with E-state index in [4.69, 9.17) is 0 Å². The van der Waals surface area contributed by atoms with Gasteiger partial charge in [0.2, 0.25) is 0 Å². The molecule has 152 valence electrons. The van der Waals surface area contributed by atoms with E-state index in [1.54, 1.807) is 0 Å². The molecular weight excluding hydrogens is 380 g/mol. The maximum atomic E-state index is 9.74. The van der Waals surface area contributed by atoms with Crippen LogP contribution in [0.2, 0.25) is 0 Å². The number of aromatic nitrogens is 1. The first-order valence-electron chi connectivity index (χ1n) is 10.3. The number of benzene rings is 2. The standard InChI is InChI=1S/C27H24N4/c1-20(22-9-5-3-6-10-22)13-24-18-31(17-21(2)23-11-7-4-8-12-23)19-27(24)26(16-30)25(14-28)15-29/h3-12,18-21H,13,17H2,1-2H3. The highest BCUT2D eigenvalue weighted by molar-refractivity contribution is 5.85. The van der Waals surface area contributed by atoms with Gasteiger partial charge in [-0.15, -0.1) is 0 Å². The normalized spacial score (nSPS) is 12.1. The molecule has 0 aliphatic carbocycles. The van der Waals surface area contributed by atoms with Crippen LogP contribution in [0.3, 0.4) is 0 Å². The van der Waals surface area contributed by atoms with Crippen molar-refractivity contribution >= 4 is 5.57 Å². The Hall–Kier alpha value is -4.07. The third-order valence-electron chi connectivity index (χ3n) is 5.57. The van der Waals surface area contributed by atoms with Gasteiger partial charge in [-0.1, -0.05) is 74.5 Å². The molecule has 0 saturated carbocycles. The van der Waals surface area contributed by atoms with Crippen LogP contribution in [0.4, 0.5) is 0 Å². The second-order valence-corrected chi connectivity index (χ2v) is 7.81. The lowest BCUT2D eigenvalue weighted by Gasteiger charge is -2.13. The molecule has 3 aromatic rings. The van der Waals surface area contributed by atoms with Crippen LogP contribution in [0.5, 0.6) is 0 Å². The highest BCUT2D eigenvalue weighted by atomic mass is 14.9. The summed E-state index contributed by atoms with van der Waals surface area (Å²) >= 11 is 0. The van der Waals surface area contributed by atoms with Crippen LogP contribution in [-0.2, 0) is 13.0 Å². The molecule has 0 fully saturated rings. The molecule has 1 aromatic heterocycles. The van der Waals surface area contributed by atoms with Gasteiger partial charge in [-0.3, -0.25) is 0 Å². The summed E-state index contributed by atoms with van der Waals surface area (Å²) in [4.78, 5) is 0. The van der Waals surface area contributed by atoms with Gasteiger partial charge in [0.15, 0.2) is 0 Å². The smallest absolute Gasteiger partial charge is 0.148 e. The van der Waals surface area contributed by atoms with Crippen molar-refractivity contribution < 1.29 is 0 Å². The lowest BCUT2D eigenvalue weighted by molar-refractivity contribution is 0.598. The summed E-state index contributed by atoms with van der Waals surface area (Å²) in [5.74, 6) is 0.511. The van der Waals surface area contributed by atoms with Gasteiger partial charge in [-0.25, -0.2) is 0 Å². The van der Waals surface area contributed by atoms with Gasteiger partial charge in [0.25, 0.3) is 0 Å². The number of rotatable bonds is 7. The van der Waals surface area contributed by atoms with Crippen LogP contribution < -0.4 is 0 Å². The maximum absolute atomic E-state index is 9.74. The number of nitrogens with zero attached hydrogens (tertiary/aromatic N) is 4. The minimum absolute atomic E-state index is 0.145. The molecule has 2 atom stereocenters. The molecule has 0 aliphatic heterocycles. The van der Waals surface area contributed by atoms with Gasteiger partial charge >= 0.3 is 0 Å². The second-order valence-electron chi connectivity index (χ2n) is 7.81. The largest absolute Gasteiger partial charge is 0.353 e. The Balaban J connectivity index is 1.99. The van der Waals surface area contributed by atoms with Crippen molar-refractivity contribution in [3.63, 3.8) is 0 Å². The Morgan fingerprint density at radius 3 is 1.84 bits per heavy atom. The molecule has 0 saturated heterocycles. The van der Waals surface area contributed by atoms with E-state index in [0.29, 0.717) is 12.0 Å². The van der Waals surface area contributed by atoms with E-state index >= 15 is 0 Å². The minimum atomic E-state index is -0.148. The molecule has 0 spiro atoms. The summed E-state index contributed by atoms with van der Waals surface area (Å²) in [7, 11) is 0. The highest BCUT2D eigenvalue weighted by Gasteiger charge is 2.19. The Morgan fingerprint density at radius 2 is 1.32 bits per heavy atom. The maximum Gasteiger partial charge on any atom is 0.148 e. The molecule has 2 aromatic carbocycles. The zero-order valence-electron chi connectivity index (χ0n) is 17.8. The summed E-state index contributed by atoms with van der Waals surface area (Å²) in [6, 6.07) is 26.3. The molecule has 1 heterocycles. The molecule has 0 N–H and O–H groups in total. The molecule has 0 amide bonds. The first kappa shape index (κ1) is 21.6. The zero-order valence-corrected chi connectivity index (χ0v) is 17.8. The third kappa shape index (κ3) is 5.11. The lowest BCUT2D eigenvalue weighted by Crippen LogP contribution is -2.04. The molecule has 4 nitrogen and oxygen atoms in total. The van der Waals surface area contributed by atoms with Gasteiger partial charge in [-0.05, 0) is 34.9 Å². The minimum Gasteiger partial charge on any atom is -0.353 e. The first-order valence-corrected chi connectivity index (χ1v) is 10.3. The van der Waals surface area contributed by atoms with E-state index in [1.807, 2.05) is 54.7 Å². The van der Waals surface area contributed by atoms with E-state index in [1.165, 1.54) is 11.1 Å². The van der Waals surface area contributed by atoms with Crippen molar-refractivity contribution in [3.05, 3.63) is 101 Å². The summed E-state index contributed by atoms with van der Waals surface area (Å²) in [6.45, 7) is 5.05. The first-order chi connectivity index (χ1) is 15.1. The Morgan fingerprint density at radius 1 is 0.774 bits per heavy atom. The van der Waals surface area contributed by atoms with Crippen molar-refractivity contribution in [2.24, 2.45) is 0 Å². The summed E-state index contributed by atoms with van der Waals surface area (Å²) in [5, 5.41) is 28.4. The highest BCUT2D eigenvalue weighted by Crippen LogP contribution is 2.29. The van der Waals surface area contributed by atoms with Crippen LogP contribution in [-0.4, -0.2) is 4.57 Å². The number of hydrogen-bond donors (Lipinski definition) is 0. The van der Waals surface area contributed by atoms with Crippen LogP contribution >= 0.6 is 0 Å². The quantitative estimate of drug-likeness (QED) is 0.456. The molecule has 31 heavy (non-hydrogen) atoms. The van der Waals surface area contributed by atoms with Gasteiger partial charge in [0.05, 0.1) is 5.57 Å². The van der Waals surface area contributed by atoms with Crippen LogP contribution in [0.1, 0.15) is 47.9 Å². The molecule has 0 bridgehead atoms. The van der Waals surface area contributed by atoms with Crippen LogP contribution in [0, 0.1) is 34.0 Å². The van der Waals surface area contributed by atoms with E-state index in [9.17, 15) is 15.8 Å². The van der Waals surface area contributed by atoms with Gasteiger partial charge < -0.3 is 4.57 Å². The topological polar surface area (TPSA) is 76.3 Å². The number of allylic oxidation sites excluding steroid dienone is 2. The fourth-order valence-corrected chi connectivity index (χ4v) is 3.87. The zero-order chi connectivity index (χ0) is 22.2. The van der Waals surface area contributed by atoms with Gasteiger partial charge in [0, 0.05) is 24.5 Å². The van der Waals surface area contributed by atoms with Crippen LogP contribution in [0.25, 0.3) is 5.57 Å². The van der Waals surface area contributed by atoms with Crippen molar-refractivity contribution in [1.29, 1.82) is 15.8 Å². The molecule has 0 aliphatic rings. The predicted octanol–water partition coefficient (Wildman–Crippen LogP) is 5.96. The molecule has 3 rings (SSSR count). The van der Waals surface area contributed by atoms with Gasteiger partial charge in [-0.2, -0.15) is 15.8 Å². The summed E-state index contributed by atoms with van der Waals surface area (Å²) in [5.41, 5.74) is 4.08. The van der Waals surface area contributed by atoms with Crippen molar-refractivity contribution in [2.45, 2.75) is 38.6 Å². The monoisotopic (exact) mass is 404 g/mol. The molecule has 4 heteroatoms. The van der Waals surface area contributed by atoms with Crippen LogP contribution in [0.15, 0.2) is 78.6 Å². The Kier molecular flexibility index (Phi) is 7.05. The van der Waals surface area contributed by atoms with Crippen molar-refractivity contribution in [3.8, 4) is 18.2 Å². The summed E-state index contributed by atoms with van der Waals surface area (Å²) in [6.07, 6.45) is 4.67. The summed E-state index contributed by atoms with van der Waals surface area (Å²) < 4.78 is 2.07. The fraction of sp³-hybridized carbons (Fsp3) is 0.222. The van der Waals surface area contributed by atoms with Crippen molar-refractivity contribution in [1.82, 2.24) is 4.57 Å². The number of nitriles is 3. The van der Waals surface area contributed by atoms with E-state index < -0.39 is 0 Å². The average Bonchev–Trinajstić information content (AvgIpc) is 3.19. The van der Waals surface area contributed by atoms with Crippen molar-refractivity contribution in [2.75, 3.05) is 0 Å². The third-order valence-corrected chi connectivity index (χ3v) is 5.57. The number of hydrogen-bond acceptors (Lipinski definition) is 3. The predicted molar refractivity (Wildman–Crippen MR) is 122 cm³/mol. The SMILES string of the molecule is CC(Cc1cn(CC(C)c2ccccc2)cc1C(C#N)=C(C#N)C#N)c1ccccc1. The van der Waals surface area contributed by atoms with Gasteiger partial charge in [0.1, 0.15) is 23.8 Å². The molecular formula is C27H24N4. The molecule has 2 unspecified atom stereocenters. The van der Waals surface area contributed by atoms with E-state index in [-0.39, 0.29) is 23.0 Å². The Bertz CT molecular complexity index is 1170. The van der Waals surface area contributed by atoms with E-state index in [0.717, 1.165) is 12.1 Å². The Labute approximate surface area is 183 Å². The average molecular weight is 405 g/mol. The lowest BCUT2D eigenvalue weighted by atomic mass is 9.91. The van der Waals surface area contributed by atoms with E-state index in [2.05, 4.69) is 54.9 Å². The molecule has 0 radical (unpaired) electrons. The fourth-order valence-electron chi connectivity index (χ4n) is 3.87.